The molecule has 5 rings (SSSR count). The Morgan fingerprint density at radius 1 is 0.659 bits per heavy atom. The number of ether oxygens (including phenoxy) is 4. The van der Waals surface area contributed by atoms with E-state index >= 15 is 0 Å². The third-order valence-corrected chi connectivity index (χ3v) is 6.96. The molecular formula is C34H35NO6. The van der Waals surface area contributed by atoms with Gasteiger partial charge in [0.15, 0.2) is 6.29 Å². The first-order valence-electron chi connectivity index (χ1n) is 13.8. The fourth-order valence-corrected chi connectivity index (χ4v) is 4.83. The summed E-state index contributed by atoms with van der Waals surface area (Å²) in [5.74, 6) is -0.341. The van der Waals surface area contributed by atoms with E-state index in [1.54, 1.807) is 24.3 Å². The third kappa shape index (κ3) is 8.10. The van der Waals surface area contributed by atoms with Crippen molar-refractivity contribution < 1.29 is 28.8 Å². The molecule has 1 saturated heterocycles. The highest BCUT2D eigenvalue weighted by Crippen LogP contribution is 2.28. The van der Waals surface area contributed by atoms with Crippen LogP contribution in [0.3, 0.4) is 0 Å². The Balaban J connectivity index is 1.39. The quantitative estimate of drug-likeness (QED) is 0.260. The Labute approximate surface area is 240 Å². The van der Waals surface area contributed by atoms with E-state index in [0.29, 0.717) is 18.8 Å². The van der Waals surface area contributed by atoms with Gasteiger partial charge < -0.3 is 29.4 Å². The van der Waals surface area contributed by atoms with E-state index in [0.717, 1.165) is 16.7 Å². The Morgan fingerprint density at radius 2 is 1.12 bits per heavy atom. The number of hydrogen-bond donors (Lipinski definition) is 2. The summed E-state index contributed by atoms with van der Waals surface area (Å²) in [6.07, 6.45) is -3.38. The maximum atomic E-state index is 13.2. The minimum atomic E-state index is -1.34. The van der Waals surface area contributed by atoms with Crippen molar-refractivity contribution in [2.24, 2.45) is 0 Å². The molecule has 0 aromatic heterocycles. The maximum Gasteiger partial charge on any atom is 0.251 e. The van der Waals surface area contributed by atoms with Gasteiger partial charge in [0.05, 0.1) is 26.4 Å². The number of nitrogens with one attached hydrogen (secondary N) is 1. The van der Waals surface area contributed by atoms with Gasteiger partial charge in [-0.3, -0.25) is 4.79 Å². The molecule has 4 aromatic carbocycles. The first kappa shape index (κ1) is 28.7. The smallest absolute Gasteiger partial charge is 0.251 e. The number of benzene rings is 4. The van der Waals surface area contributed by atoms with Gasteiger partial charge in [0.2, 0.25) is 0 Å². The summed E-state index contributed by atoms with van der Waals surface area (Å²) in [5.41, 5.74) is 3.43. The van der Waals surface area contributed by atoms with Crippen LogP contribution in [-0.4, -0.2) is 48.3 Å². The molecule has 1 aliphatic heterocycles. The van der Waals surface area contributed by atoms with E-state index in [9.17, 15) is 9.90 Å². The SMILES string of the molecule is O=C(N[C@H]1C(O)O[C@H](COCc2ccccc2)[C@@H](OCc2ccccc2)[C@@H]1OCc1ccccc1)c1ccccc1. The zero-order valence-electron chi connectivity index (χ0n) is 22.8. The molecule has 7 nitrogen and oxygen atoms in total. The average molecular weight is 554 g/mol. The van der Waals surface area contributed by atoms with Crippen molar-refractivity contribution in [3.8, 4) is 0 Å². The molecule has 2 N–H and O–H groups in total. The van der Waals surface area contributed by atoms with Crippen molar-refractivity contribution >= 4 is 5.91 Å². The fourth-order valence-electron chi connectivity index (χ4n) is 4.83. The molecule has 41 heavy (non-hydrogen) atoms. The zero-order valence-corrected chi connectivity index (χ0v) is 22.8. The van der Waals surface area contributed by atoms with Gasteiger partial charge in [-0.1, -0.05) is 109 Å². The summed E-state index contributed by atoms with van der Waals surface area (Å²) < 4.78 is 25.0. The lowest BCUT2D eigenvalue weighted by Crippen LogP contribution is -2.65. The predicted molar refractivity (Wildman–Crippen MR) is 155 cm³/mol. The van der Waals surface area contributed by atoms with E-state index in [-0.39, 0.29) is 19.1 Å². The third-order valence-electron chi connectivity index (χ3n) is 6.96. The fraction of sp³-hybridized carbons (Fsp3) is 0.265. The summed E-state index contributed by atoms with van der Waals surface area (Å²) in [6.45, 7) is 1.10. The Kier molecular flexibility index (Phi) is 10.3. The summed E-state index contributed by atoms with van der Waals surface area (Å²) in [6, 6.07) is 37.4. The summed E-state index contributed by atoms with van der Waals surface area (Å²) in [5, 5.41) is 14.1. The number of aliphatic hydroxyl groups excluding tert-OH is 1. The second kappa shape index (κ2) is 14.7. The van der Waals surface area contributed by atoms with Gasteiger partial charge in [0.1, 0.15) is 24.4 Å². The largest absolute Gasteiger partial charge is 0.374 e. The van der Waals surface area contributed by atoms with E-state index in [4.69, 9.17) is 18.9 Å². The minimum Gasteiger partial charge on any atom is -0.374 e. The minimum absolute atomic E-state index is 0.163. The predicted octanol–water partition coefficient (Wildman–Crippen LogP) is 4.89. The number of rotatable bonds is 12. The molecule has 0 aliphatic carbocycles. The van der Waals surface area contributed by atoms with Gasteiger partial charge in [0.25, 0.3) is 5.91 Å². The average Bonchev–Trinajstić information content (AvgIpc) is 3.02. The van der Waals surface area contributed by atoms with Crippen LogP contribution in [0.2, 0.25) is 0 Å². The van der Waals surface area contributed by atoms with Crippen LogP contribution >= 0.6 is 0 Å². The van der Waals surface area contributed by atoms with Crippen LogP contribution in [-0.2, 0) is 38.8 Å². The molecule has 0 saturated carbocycles. The van der Waals surface area contributed by atoms with Crippen molar-refractivity contribution in [2.75, 3.05) is 6.61 Å². The van der Waals surface area contributed by atoms with Crippen LogP contribution in [0.1, 0.15) is 27.0 Å². The van der Waals surface area contributed by atoms with Crippen molar-refractivity contribution in [3.63, 3.8) is 0 Å². The van der Waals surface area contributed by atoms with E-state index in [2.05, 4.69) is 5.32 Å². The van der Waals surface area contributed by atoms with Crippen molar-refractivity contribution in [3.05, 3.63) is 144 Å². The second-order valence-electron chi connectivity index (χ2n) is 9.95. The highest BCUT2D eigenvalue weighted by Gasteiger charge is 2.48. The summed E-state index contributed by atoms with van der Waals surface area (Å²) >= 11 is 0. The number of carbonyl (C=O) groups is 1. The Morgan fingerprint density at radius 3 is 1.66 bits per heavy atom. The van der Waals surface area contributed by atoms with Crippen LogP contribution < -0.4 is 5.32 Å². The van der Waals surface area contributed by atoms with Gasteiger partial charge in [-0.2, -0.15) is 0 Å². The molecule has 5 atom stereocenters. The van der Waals surface area contributed by atoms with Crippen molar-refractivity contribution in [2.45, 2.75) is 50.5 Å². The molecule has 212 valence electrons. The molecule has 1 aliphatic rings. The van der Waals surface area contributed by atoms with Crippen LogP contribution in [0.15, 0.2) is 121 Å². The molecule has 1 fully saturated rings. The lowest BCUT2D eigenvalue weighted by molar-refractivity contribution is -0.277. The molecule has 0 bridgehead atoms. The van der Waals surface area contributed by atoms with Crippen LogP contribution in [0.25, 0.3) is 0 Å². The monoisotopic (exact) mass is 553 g/mol. The lowest BCUT2D eigenvalue weighted by Gasteiger charge is -2.45. The van der Waals surface area contributed by atoms with Gasteiger partial charge in [-0.25, -0.2) is 0 Å². The van der Waals surface area contributed by atoms with Gasteiger partial charge in [-0.15, -0.1) is 0 Å². The number of aliphatic hydroxyl groups is 1. The maximum absolute atomic E-state index is 13.2. The number of carbonyl (C=O) groups excluding carboxylic acids is 1. The van der Waals surface area contributed by atoms with Gasteiger partial charge in [-0.05, 0) is 28.8 Å². The molecule has 1 heterocycles. The standard InChI is InChI=1S/C34H35NO6/c36-33(28-19-11-4-12-20-28)35-30-32(40-23-27-17-9-3-10-18-27)31(39-22-26-15-7-2-8-16-26)29(41-34(30)37)24-38-21-25-13-5-1-6-14-25/h1-20,29-32,34,37H,21-24H2,(H,35,36)/t29-,30-,31-,32-,34?/m1/s1. The molecule has 1 unspecified atom stereocenters. The summed E-state index contributed by atoms with van der Waals surface area (Å²) in [7, 11) is 0. The van der Waals surface area contributed by atoms with Crippen LogP contribution in [0.5, 0.6) is 0 Å². The van der Waals surface area contributed by atoms with E-state index < -0.39 is 30.6 Å². The van der Waals surface area contributed by atoms with Crippen LogP contribution in [0.4, 0.5) is 0 Å². The highest BCUT2D eigenvalue weighted by atomic mass is 16.7. The molecule has 4 aromatic rings. The number of hydrogen-bond acceptors (Lipinski definition) is 6. The van der Waals surface area contributed by atoms with Gasteiger partial charge >= 0.3 is 0 Å². The zero-order chi connectivity index (χ0) is 28.3. The topological polar surface area (TPSA) is 86.3 Å². The molecular weight excluding hydrogens is 518 g/mol. The van der Waals surface area contributed by atoms with Crippen molar-refractivity contribution in [1.82, 2.24) is 5.32 Å². The second-order valence-corrected chi connectivity index (χ2v) is 9.95. The normalized spacial score (nSPS) is 22.2. The summed E-state index contributed by atoms with van der Waals surface area (Å²) in [4.78, 5) is 13.2. The first-order valence-corrected chi connectivity index (χ1v) is 13.8. The highest BCUT2D eigenvalue weighted by molar-refractivity contribution is 5.94. The lowest BCUT2D eigenvalue weighted by atomic mass is 9.95. The Bertz CT molecular complexity index is 1320. The van der Waals surface area contributed by atoms with Crippen molar-refractivity contribution in [1.29, 1.82) is 0 Å². The molecule has 1 amide bonds. The molecule has 0 radical (unpaired) electrons. The Hall–Kier alpha value is -3.85. The molecule has 0 spiro atoms. The number of amides is 1. The van der Waals surface area contributed by atoms with Gasteiger partial charge in [0, 0.05) is 5.56 Å². The van der Waals surface area contributed by atoms with E-state index in [1.807, 2.05) is 97.1 Å². The molecule has 7 heteroatoms. The van der Waals surface area contributed by atoms with E-state index in [1.165, 1.54) is 0 Å². The van der Waals surface area contributed by atoms with Crippen LogP contribution in [0, 0.1) is 0 Å². The first-order chi connectivity index (χ1) is 20.2.